The molecule has 4 heteroatoms. The van der Waals surface area contributed by atoms with Crippen LogP contribution < -0.4 is 10.1 Å². The molecule has 2 rings (SSSR count). The number of Topliss-reactive ketones (excluding diaryl/α,β-unsaturated/α-hetero) is 1. The standard InChI is InChI=1S/C21H25NO3/c1-21(2,15-16-8-5-4-6-9-16)22-20(24)13-12-19(23)17-10-7-11-18(14-17)25-3/h4-11,14H,12-13,15H2,1-3H3,(H,22,24). The minimum atomic E-state index is -0.364. The maximum absolute atomic E-state index is 12.2. The molecule has 0 heterocycles. The van der Waals surface area contributed by atoms with Gasteiger partial charge in [0, 0.05) is 23.9 Å². The van der Waals surface area contributed by atoms with Gasteiger partial charge in [0.15, 0.2) is 5.78 Å². The summed E-state index contributed by atoms with van der Waals surface area (Å²) in [6.07, 6.45) is 1.10. The van der Waals surface area contributed by atoms with Crippen molar-refractivity contribution < 1.29 is 14.3 Å². The summed E-state index contributed by atoms with van der Waals surface area (Å²) < 4.78 is 5.12. The number of carbonyl (C=O) groups is 2. The summed E-state index contributed by atoms with van der Waals surface area (Å²) in [7, 11) is 1.56. The van der Waals surface area contributed by atoms with Crippen LogP contribution in [0.2, 0.25) is 0 Å². The Kier molecular flexibility index (Phi) is 6.34. The van der Waals surface area contributed by atoms with Gasteiger partial charge >= 0.3 is 0 Å². The van der Waals surface area contributed by atoms with Gasteiger partial charge in [-0.3, -0.25) is 9.59 Å². The zero-order valence-electron chi connectivity index (χ0n) is 15.0. The number of ether oxygens (including phenoxy) is 1. The molecule has 0 spiro atoms. The van der Waals surface area contributed by atoms with Gasteiger partial charge in [-0.1, -0.05) is 42.5 Å². The van der Waals surface area contributed by atoms with E-state index in [1.165, 1.54) is 5.56 Å². The van der Waals surface area contributed by atoms with E-state index < -0.39 is 0 Å². The van der Waals surface area contributed by atoms with Gasteiger partial charge in [-0.2, -0.15) is 0 Å². The van der Waals surface area contributed by atoms with E-state index in [1.807, 2.05) is 44.2 Å². The average molecular weight is 339 g/mol. The third-order valence-corrected chi connectivity index (χ3v) is 3.94. The Labute approximate surface area is 149 Å². The maximum Gasteiger partial charge on any atom is 0.220 e. The van der Waals surface area contributed by atoms with Crippen molar-refractivity contribution >= 4 is 11.7 Å². The highest BCUT2D eigenvalue weighted by atomic mass is 16.5. The Morgan fingerprint density at radius 1 is 1.00 bits per heavy atom. The molecule has 0 radical (unpaired) electrons. The van der Waals surface area contributed by atoms with E-state index in [9.17, 15) is 9.59 Å². The van der Waals surface area contributed by atoms with Gasteiger partial charge in [0.1, 0.15) is 5.75 Å². The molecule has 0 saturated heterocycles. The van der Waals surface area contributed by atoms with Crippen molar-refractivity contribution in [2.24, 2.45) is 0 Å². The fourth-order valence-electron chi connectivity index (χ4n) is 2.76. The summed E-state index contributed by atoms with van der Waals surface area (Å²) in [6, 6.07) is 17.0. The van der Waals surface area contributed by atoms with Crippen molar-refractivity contribution in [1.29, 1.82) is 0 Å². The van der Waals surface area contributed by atoms with Gasteiger partial charge in [-0.25, -0.2) is 0 Å². The largest absolute Gasteiger partial charge is 0.497 e. The van der Waals surface area contributed by atoms with Crippen molar-refractivity contribution in [2.45, 2.75) is 38.6 Å². The quantitative estimate of drug-likeness (QED) is 0.744. The number of nitrogens with one attached hydrogen (secondary N) is 1. The van der Waals surface area contributed by atoms with E-state index >= 15 is 0 Å². The molecule has 0 unspecified atom stereocenters. The second-order valence-corrected chi connectivity index (χ2v) is 6.75. The summed E-state index contributed by atoms with van der Waals surface area (Å²) in [5.74, 6) is 0.464. The highest BCUT2D eigenvalue weighted by Crippen LogP contribution is 2.16. The number of methoxy groups -OCH3 is 1. The summed E-state index contributed by atoms with van der Waals surface area (Å²) in [5, 5.41) is 3.02. The normalized spacial score (nSPS) is 11.0. The van der Waals surface area contributed by atoms with Crippen molar-refractivity contribution in [3.05, 3.63) is 65.7 Å². The van der Waals surface area contributed by atoms with Crippen molar-refractivity contribution in [2.75, 3.05) is 7.11 Å². The van der Waals surface area contributed by atoms with Crippen LogP contribution in [0.15, 0.2) is 54.6 Å². The SMILES string of the molecule is COc1cccc(C(=O)CCC(=O)NC(C)(C)Cc2ccccc2)c1. The molecule has 0 fully saturated rings. The molecule has 1 amide bonds. The molecule has 0 atom stereocenters. The summed E-state index contributed by atoms with van der Waals surface area (Å²) >= 11 is 0. The minimum Gasteiger partial charge on any atom is -0.497 e. The molecule has 0 aromatic heterocycles. The van der Waals surface area contributed by atoms with E-state index in [0.29, 0.717) is 11.3 Å². The molecule has 25 heavy (non-hydrogen) atoms. The zero-order valence-corrected chi connectivity index (χ0v) is 15.0. The van der Waals surface area contributed by atoms with Crippen LogP contribution >= 0.6 is 0 Å². The molecule has 132 valence electrons. The molecule has 0 aliphatic rings. The average Bonchev–Trinajstić information content (AvgIpc) is 2.59. The topological polar surface area (TPSA) is 55.4 Å². The summed E-state index contributed by atoms with van der Waals surface area (Å²) in [6.45, 7) is 3.98. The van der Waals surface area contributed by atoms with Crippen LogP contribution in [0.5, 0.6) is 5.75 Å². The number of hydrogen-bond acceptors (Lipinski definition) is 3. The van der Waals surface area contributed by atoms with Gasteiger partial charge in [0.25, 0.3) is 0 Å². The predicted octanol–water partition coefficient (Wildman–Crippen LogP) is 3.80. The van der Waals surface area contributed by atoms with Gasteiger partial charge in [0.2, 0.25) is 5.91 Å². The first-order valence-electron chi connectivity index (χ1n) is 8.42. The second kappa shape index (κ2) is 8.47. The lowest BCUT2D eigenvalue weighted by atomic mass is 9.94. The van der Waals surface area contributed by atoms with E-state index in [4.69, 9.17) is 4.74 Å². The van der Waals surface area contributed by atoms with Crippen LogP contribution in [-0.2, 0) is 11.2 Å². The van der Waals surface area contributed by atoms with Crippen molar-refractivity contribution in [3.8, 4) is 5.75 Å². The first-order valence-corrected chi connectivity index (χ1v) is 8.42. The second-order valence-electron chi connectivity index (χ2n) is 6.75. The highest BCUT2D eigenvalue weighted by Gasteiger charge is 2.21. The molecule has 0 aliphatic carbocycles. The molecule has 0 aliphatic heterocycles. The molecule has 2 aromatic rings. The van der Waals surface area contributed by atoms with Crippen LogP contribution in [0.3, 0.4) is 0 Å². The Hall–Kier alpha value is -2.62. The lowest BCUT2D eigenvalue weighted by Crippen LogP contribution is -2.45. The number of ketones is 1. The fraction of sp³-hybridized carbons (Fsp3) is 0.333. The highest BCUT2D eigenvalue weighted by molar-refractivity contribution is 5.98. The lowest BCUT2D eigenvalue weighted by Gasteiger charge is -2.26. The maximum atomic E-state index is 12.2. The van der Waals surface area contributed by atoms with Crippen LogP contribution in [0.4, 0.5) is 0 Å². The summed E-state index contributed by atoms with van der Waals surface area (Å²) in [5.41, 5.74) is 1.37. The number of hydrogen-bond donors (Lipinski definition) is 1. The Morgan fingerprint density at radius 2 is 1.72 bits per heavy atom. The summed E-state index contributed by atoms with van der Waals surface area (Å²) in [4.78, 5) is 24.5. The molecule has 4 nitrogen and oxygen atoms in total. The van der Waals surface area contributed by atoms with Crippen LogP contribution in [0.25, 0.3) is 0 Å². The molecule has 0 saturated carbocycles. The van der Waals surface area contributed by atoms with Crippen LogP contribution in [0, 0.1) is 0 Å². The fourth-order valence-corrected chi connectivity index (χ4v) is 2.76. The van der Waals surface area contributed by atoms with Crippen LogP contribution in [0.1, 0.15) is 42.6 Å². The Morgan fingerprint density at radius 3 is 2.40 bits per heavy atom. The predicted molar refractivity (Wildman–Crippen MR) is 98.9 cm³/mol. The Bertz CT molecular complexity index is 723. The zero-order chi connectivity index (χ0) is 18.3. The molecular formula is C21H25NO3. The first-order chi connectivity index (χ1) is 11.9. The van der Waals surface area contributed by atoms with Gasteiger partial charge < -0.3 is 10.1 Å². The number of rotatable bonds is 8. The van der Waals surface area contributed by atoms with Gasteiger partial charge in [-0.15, -0.1) is 0 Å². The third kappa shape index (κ3) is 6.07. The Balaban J connectivity index is 1.86. The van der Waals surface area contributed by atoms with Crippen molar-refractivity contribution in [3.63, 3.8) is 0 Å². The molecular weight excluding hydrogens is 314 g/mol. The molecule has 2 aromatic carbocycles. The molecule has 0 bridgehead atoms. The van der Waals surface area contributed by atoms with E-state index in [-0.39, 0.29) is 30.1 Å². The lowest BCUT2D eigenvalue weighted by molar-refractivity contribution is -0.122. The number of benzene rings is 2. The van der Waals surface area contributed by atoms with Gasteiger partial charge in [-0.05, 0) is 38.0 Å². The minimum absolute atomic E-state index is 0.0603. The first kappa shape index (κ1) is 18.7. The molecule has 1 N–H and O–H groups in total. The monoisotopic (exact) mass is 339 g/mol. The van der Waals surface area contributed by atoms with E-state index in [2.05, 4.69) is 5.32 Å². The number of amides is 1. The van der Waals surface area contributed by atoms with Crippen molar-refractivity contribution in [1.82, 2.24) is 5.32 Å². The van der Waals surface area contributed by atoms with Crippen LogP contribution in [-0.4, -0.2) is 24.3 Å². The van der Waals surface area contributed by atoms with E-state index in [1.54, 1.807) is 31.4 Å². The smallest absolute Gasteiger partial charge is 0.220 e. The van der Waals surface area contributed by atoms with Gasteiger partial charge in [0.05, 0.1) is 7.11 Å². The van der Waals surface area contributed by atoms with E-state index in [0.717, 1.165) is 6.42 Å². The number of carbonyl (C=O) groups excluding carboxylic acids is 2. The third-order valence-electron chi connectivity index (χ3n) is 3.94.